The molecule has 5 heteroatoms. The lowest BCUT2D eigenvalue weighted by molar-refractivity contribution is -0.120. The molecule has 0 spiro atoms. The van der Waals surface area contributed by atoms with Crippen LogP contribution in [-0.4, -0.2) is 24.9 Å². The Hall–Kier alpha value is -3.86. The Bertz CT molecular complexity index is 1240. The maximum Gasteiger partial charge on any atom is 0.282 e. The second kappa shape index (κ2) is 8.58. The molecule has 166 valence electrons. The molecule has 1 N–H and O–H groups in total. The van der Waals surface area contributed by atoms with Crippen LogP contribution in [0.5, 0.6) is 0 Å². The molecular weight excluding hydrogens is 410 g/mol. The largest absolute Gasteiger partial charge is 0.372 e. The van der Waals surface area contributed by atoms with E-state index < -0.39 is 0 Å². The third-order valence-electron chi connectivity index (χ3n) is 6.50. The molecule has 0 aromatic heterocycles. The minimum Gasteiger partial charge on any atom is -0.372 e. The Morgan fingerprint density at radius 1 is 0.727 bits per heavy atom. The maximum atomic E-state index is 13.5. The van der Waals surface area contributed by atoms with Crippen LogP contribution < -0.4 is 15.1 Å². The van der Waals surface area contributed by atoms with E-state index in [1.54, 1.807) is 12.1 Å². The maximum absolute atomic E-state index is 13.5. The zero-order valence-corrected chi connectivity index (χ0v) is 19.0. The molecule has 2 heterocycles. The molecule has 2 amide bonds. The van der Waals surface area contributed by atoms with Crippen LogP contribution in [0.1, 0.15) is 29.5 Å². The van der Waals surface area contributed by atoms with Gasteiger partial charge in [-0.25, -0.2) is 4.90 Å². The number of hydrogen-bond acceptors (Lipinski definition) is 4. The van der Waals surface area contributed by atoms with Crippen molar-refractivity contribution in [1.82, 2.24) is 0 Å². The molecular formula is C28H27N3O2. The Labute approximate surface area is 194 Å². The van der Waals surface area contributed by atoms with E-state index in [2.05, 4.69) is 22.3 Å². The number of hydrogen-bond donors (Lipinski definition) is 1. The Balaban J connectivity index is 1.53. The zero-order valence-electron chi connectivity index (χ0n) is 19.0. The summed E-state index contributed by atoms with van der Waals surface area (Å²) in [6, 6.07) is 23.0. The van der Waals surface area contributed by atoms with Gasteiger partial charge in [0, 0.05) is 24.5 Å². The molecule has 0 atom stereocenters. The number of imide groups is 1. The van der Waals surface area contributed by atoms with Gasteiger partial charge in [-0.15, -0.1) is 0 Å². The first kappa shape index (κ1) is 21.0. The monoisotopic (exact) mass is 437 g/mol. The van der Waals surface area contributed by atoms with Gasteiger partial charge in [0.05, 0.1) is 11.3 Å². The van der Waals surface area contributed by atoms with Crippen molar-refractivity contribution in [2.24, 2.45) is 0 Å². The summed E-state index contributed by atoms with van der Waals surface area (Å²) in [4.78, 5) is 30.7. The summed E-state index contributed by atoms with van der Waals surface area (Å²) in [5, 5.41) is 3.27. The number of nitrogens with one attached hydrogen (secondary N) is 1. The molecule has 5 nitrogen and oxygen atoms in total. The molecule has 33 heavy (non-hydrogen) atoms. The predicted molar refractivity (Wildman–Crippen MR) is 133 cm³/mol. The summed E-state index contributed by atoms with van der Waals surface area (Å²) in [6.45, 7) is 6.20. The van der Waals surface area contributed by atoms with Gasteiger partial charge >= 0.3 is 0 Å². The lowest BCUT2D eigenvalue weighted by atomic mass is 9.99. The van der Waals surface area contributed by atoms with Gasteiger partial charge in [0.15, 0.2) is 0 Å². The number of aryl methyl sites for hydroxylation is 2. The number of carbonyl (C=O) groups excluding carboxylic acids is 2. The van der Waals surface area contributed by atoms with Crippen molar-refractivity contribution < 1.29 is 9.59 Å². The quantitative estimate of drug-likeness (QED) is 0.551. The number of carbonyl (C=O) groups is 2. The van der Waals surface area contributed by atoms with E-state index in [1.807, 2.05) is 62.4 Å². The van der Waals surface area contributed by atoms with E-state index in [9.17, 15) is 9.59 Å². The second-order valence-corrected chi connectivity index (χ2v) is 8.70. The smallest absolute Gasteiger partial charge is 0.282 e. The highest BCUT2D eigenvalue weighted by molar-refractivity contribution is 6.46. The highest BCUT2D eigenvalue weighted by atomic mass is 16.2. The standard InChI is InChI=1S/C28H27N3O2/c1-19-10-11-21(18-20(19)2)25-26(28(33)31(27(25)32)24-8-4-3-5-9-24)29-22-12-14-23(15-13-22)30-16-6-7-17-30/h3-5,8-15,18,29H,6-7,16-17H2,1-2H3. The van der Waals surface area contributed by atoms with Crippen LogP contribution >= 0.6 is 0 Å². The molecule has 2 aliphatic heterocycles. The van der Waals surface area contributed by atoms with Crippen molar-refractivity contribution in [3.8, 4) is 0 Å². The van der Waals surface area contributed by atoms with Crippen molar-refractivity contribution in [1.29, 1.82) is 0 Å². The first-order valence-electron chi connectivity index (χ1n) is 11.4. The fourth-order valence-electron chi connectivity index (χ4n) is 4.50. The molecule has 0 unspecified atom stereocenters. The van der Waals surface area contributed by atoms with Crippen LogP contribution in [0.15, 0.2) is 78.5 Å². The summed E-state index contributed by atoms with van der Waals surface area (Å²) in [6.07, 6.45) is 2.44. The van der Waals surface area contributed by atoms with Crippen LogP contribution in [0.2, 0.25) is 0 Å². The van der Waals surface area contributed by atoms with Crippen molar-refractivity contribution in [2.75, 3.05) is 28.2 Å². The Morgan fingerprint density at radius 3 is 2.09 bits per heavy atom. The lowest BCUT2D eigenvalue weighted by Gasteiger charge is -2.18. The number of amides is 2. The molecule has 5 rings (SSSR count). The van der Waals surface area contributed by atoms with Gasteiger partial charge in [-0.2, -0.15) is 0 Å². The van der Waals surface area contributed by atoms with E-state index in [0.29, 0.717) is 17.0 Å². The van der Waals surface area contributed by atoms with Gasteiger partial charge in [0.1, 0.15) is 5.70 Å². The first-order valence-corrected chi connectivity index (χ1v) is 11.4. The molecule has 0 radical (unpaired) electrons. The number of nitrogens with zero attached hydrogens (tertiary/aromatic N) is 2. The van der Waals surface area contributed by atoms with E-state index in [0.717, 1.165) is 35.5 Å². The fourth-order valence-corrected chi connectivity index (χ4v) is 4.50. The molecule has 1 fully saturated rings. The van der Waals surface area contributed by atoms with Crippen molar-refractivity contribution in [3.05, 3.63) is 95.2 Å². The Kier molecular flexibility index (Phi) is 5.47. The summed E-state index contributed by atoms with van der Waals surface area (Å²) in [7, 11) is 0. The SMILES string of the molecule is Cc1ccc(C2=C(Nc3ccc(N4CCCC4)cc3)C(=O)N(c3ccccc3)C2=O)cc1C. The van der Waals surface area contributed by atoms with Gasteiger partial charge in [-0.1, -0.05) is 36.4 Å². The molecule has 1 saturated heterocycles. The number of anilines is 3. The van der Waals surface area contributed by atoms with E-state index in [-0.39, 0.29) is 11.8 Å². The topological polar surface area (TPSA) is 52.7 Å². The average Bonchev–Trinajstić information content (AvgIpc) is 3.44. The number of para-hydroxylation sites is 1. The normalized spacial score (nSPS) is 16.2. The van der Waals surface area contributed by atoms with Gasteiger partial charge in [0.25, 0.3) is 11.8 Å². The summed E-state index contributed by atoms with van der Waals surface area (Å²) in [5.41, 5.74) is 6.19. The van der Waals surface area contributed by atoms with Crippen molar-refractivity contribution >= 4 is 34.4 Å². The number of benzene rings is 3. The highest BCUT2D eigenvalue weighted by Gasteiger charge is 2.40. The van der Waals surface area contributed by atoms with Crippen LogP contribution in [-0.2, 0) is 9.59 Å². The summed E-state index contributed by atoms with van der Waals surface area (Å²) >= 11 is 0. The second-order valence-electron chi connectivity index (χ2n) is 8.70. The Morgan fingerprint density at radius 2 is 1.42 bits per heavy atom. The van der Waals surface area contributed by atoms with E-state index >= 15 is 0 Å². The zero-order chi connectivity index (χ0) is 22.9. The fraction of sp³-hybridized carbons (Fsp3) is 0.214. The first-order chi connectivity index (χ1) is 16.0. The van der Waals surface area contributed by atoms with E-state index in [4.69, 9.17) is 0 Å². The van der Waals surface area contributed by atoms with Gasteiger partial charge in [-0.05, 0) is 79.8 Å². The average molecular weight is 438 g/mol. The van der Waals surface area contributed by atoms with Crippen molar-refractivity contribution in [3.63, 3.8) is 0 Å². The van der Waals surface area contributed by atoms with Crippen molar-refractivity contribution in [2.45, 2.75) is 26.7 Å². The van der Waals surface area contributed by atoms with Gasteiger partial charge < -0.3 is 10.2 Å². The minimum atomic E-state index is -0.344. The summed E-state index contributed by atoms with van der Waals surface area (Å²) in [5.74, 6) is -0.659. The third-order valence-corrected chi connectivity index (χ3v) is 6.50. The third kappa shape index (κ3) is 3.91. The van der Waals surface area contributed by atoms with Crippen LogP contribution in [0.4, 0.5) is 17.1 Å². The van der Waals surface area contributed by atoms with Gasteiger partial charge in [0.2, 0.25) is 0 Å². The van der Waals surface area contributed by atoms with Crippen LogP contribution in [0.25, 0.3) is 5.57 Å². The molecule has 0 bridgehead atoms. The highest BCUT2D eigenvalue weighted by Crippen LogP contribution is 2.34. The predicted octanol–water partition coefficient (Wildman–Crippen LogP) is 5.30. The molecule has 0 saturated carbocycles. The van der Waals surface area contributed by atoms with E-state index in [1.165, 1.54) is 23.4 Å². The molecule has 0 aliphatic carbocycles. The van der Waals surface area contributed by atoms with Crippen LogP contribution in [0, 0.1) is 13.8 Å². The minimum absolute atomic E-state index is 0.307. The molecule has 3 aromatic rings. The summed E-state index contributed by atoms with van der Waals surface area (Å²) < 4.78 is 0. The van der Waals surface area contributed by atoms with Crippen LogP contribution in [0.3, 0.4) is 0 Å². The number of rotatable bonds is 5. The molecule has 2 aliphatic rings. The van der Waals surface area contributed by atoms with Gasteiger partial charge in [-0.3, -0.25) is 9.59 Å². The molecule has 3 aromatic carbocycles. The lowest BCUT2D eigenvalue weighted by Crippen LogP contribution is -2.32.